The number of nitrogens with one attached hydrogen (secondary N) is 1. The topological polar surface area (TPSA) is 66.1 Å². The highest BCUT2D eigenvalue weighted by molar-refractivity contribution is 7.71. The van der Waals surface area contributed by atoms with Crippen molar-refractivity contribution in [2.45, 2.75) is 38.6 Å². The van der Waals surface area contributed by atoms with Gasteiger partial charge in [0.2, 0.25) is 10.7 Å². The van der Waals surface area contributed by atoms with E-state index in [0.29, 0.717) is 47.4 Å². The molecule has 1 atom stereocenters. The predicted molar refractivity (Wildman–Crippen MR) is 104 cm³/mol. The minimum Gasteiger partial charge on any atom is -0.415 e. The fraction of sp³-hybridized carbons (Fsp3) is 0.333. The zero-order valence-electron chi connectivity index (χ0n) is 14.7. The van der Waals surface area contributed by atoms with E-state index in [9.17, 15) is 0 Å². The number of aromatic nitrogens is 5. The number of nitrogens with zero attached hydrogens (tertiary/aromatic N) is 5. The van der Waals surface area contributed by atoms with Crippen molar-refractivity contribution in [3.63, 3.8) is 0 Å². The molecule has 1 aromatic carbocycles. The van der Waals surface area contributed by atoms with Crippen LogP contribution >= 0.6 is 23.8 Å². The molecule has 2 aromatic heterocycles. The molecule has 140 valence electrons. The van der Waals surface area contributed by atoms with Crippen molar-refractivity contribution >= 4 is 23.8 Å². The molecule has 0 aliphatic heterocycles. The molecule has 9 heteroatoms. The van der Waals surface area contributed by atoms with Crippen molar-refractivity contribution in [1.82, 2.24) is 24.5 Å². The van der Waals surface area contributed by atoms with Crippen molar-refractivity contribution < 1.29 is 9.32 Å². The van der Waals surface area contributed by atoms with Gasteiger partial charge in [-0.05, 0) is 36.5 Å². The highest BCUT2D eigenvalue weighted by Crippen LogP contribution is 2.20. The van der Waals surface area contributed by atoms with E-state index in [2.05, 4.69) is 21.9 Å². The van der Waals surface area contributed by atoms with Crippen molar-refractivity contribution in [1.29, 1.82) is 0 Å². The normalized spacial score (nSPS) is 15.0. The largest absolute Gasteiger partial charge is 0.415 e. The highest BCUT2D eigenvalue weighted by atomic mass is 35.5. The van der Waals surface area contributed by atoms with Gasteiger partial charge in [0, 0.05) is 30.0 Å². The Morgan fingerprint density at radius 1 is 1.30 bits per heavy atom. The summed E-state index contributed by atoms with van der Waals surface area (Å²) in [6.07, 6.45) is 5.94. The maximum absolute atomic E-state index is 5.93. The Balaban J connectivity index is 1.49. The molecular weight excluding hydrogens is 384 g/mol. The van der Waals surface area contributed by atoms with E-state index >= 15 is 0 Å². The summed E-state index contributed by atoms with van der Waals surface area (Å²) in [6.45, 7) is 5.72. The monoisotopic (exact) mass is 403 g/mol. The number of rotatable bonds is 8. The third-order valence-electron chi connectivity index (χ3n) is 4.57. The zero-order chi connectivity index (χ0) is 18.8. The molecule has 0 bridgehead atoms. The summed E-state index contributed by atoms with van der Waals surface area (Å²) in [5.74, 6) is 1.11. The first kappa shape index (κ1) is 18.1. The van der Waals surface area contributed by atoms with Crippen LogP contribution in [0.4, 0.5) is 0 Å². The molecule has 1 saturated carbocycles. The van der Waals surface area contributed by atoms with E-state index < -0.39 is 0 Å². The lowest BCUT2D eigenvalue weighted by Crippen LogP contribution is -3.11. The van der Waals surface area contributed by atoms with Gasteiger partial charge in [0.05, 0.1) is 6.04 Å². The Morgan fingerprint density at radius 2 is 2.07 bits per heavy atom. The summed E-state index contributed by atoms with van der Waals surface area (Å²) in [6, 6.07) is 7.93. The van der Waals surface area contributed by atoms with Gasteiger partial charge >= 0.3 is 0 Å². The highest BCUT2D eigenvalue weighted by Gasteiger charge is 2.35. The third-order valence-corrected chi connectivity index (χ3v) is 5.26. The Kier molecular flexibility index (Phi) is 5.20. The minimum atomic E-state index is 0.503. The second-order valence-corrected chi connectivity index (χ2v) is 7.43. The van der Waals surface area contributed by atoms with E-state index in [1.165, 1.54) is 17.7 Å². The first-order valence-corrected chi connectivity index (χ1v) is 9.58. The van der Waals surface area contributed by atoms with Crippen LogP contribution in [0.1, 0.15) is 18.7 Å². The van der Waals surface area contributed by atoms with Crippen LogP contribution in [-0.2, 0) is 19.8 Å². The molecule has 1 N–H and O–H groups in total. The summed E-state index contributed by atoms with van der Waals surface area (Å²) >= 11 is 11.4. The first-order chi connectivity index (χ1) is 13.1. The molecule has 0 spiro atoms. The lowest BCUT2D eigenvalue weighted by atomic mass is 10.2. The fourth-order valence-corrected chi connectivity index (χ4v) is 3.35. The van der Waals surface area contributed by atoms with E-state index in [4.69, 9.17) is 28.2 Å². The fourth-order valence-electron chi connectivity index (χ4n) is 2.99. The smallest absolute Gasteiger partial charge is 0.271 e. The molecule has 1 unspecified atom stereocenters. The van der Waals surface area contributed by atoms with Crippen LogP contribution in [0, 0.1) is 4.77 Å². The molecule has 1 aliphatic carbocycles. The molecule has 0 saturated heterocycles. The van der Waals surface area contributed by atoms with Gasteiger partial charge in [0.25, 0.3) is 5.89 Å². The van der Waals surface area contributed by atoms with Gasteiger partial charge in [0.1, 0.15) is 6.33 Å². The van der Waals surface area contributed by atoms with Crippen molar-refractivity contribution in [2.75, 3.05) is 0 Å². The first-order valence-electron chi connectivity index (χ1n) is 8.80. The molecule has 0 amide bonds. The third kappa shape index (κ3) is 4.18. The second kappa shape index (κ2) is 7.75. The molecule has 27 heavy (non-hydrogen) atoms. The standard InChI is InChI=1S/C18H19ClN6OS/c1-2-9-23-11-20-25(18(23)27)12-24(15-7-8-15)10-16-21-22-17(26-16)13-3-5-14(19)6-4-13/h2-6,11,15H,1,7-10,12H2/p+1. The van der Waals surface area contributed by atoms with Crippen molar-refractivity contribution in [3.05, 3.63) is 58.9 Å². The van der Waals surface area contributed by atoms with E-state index in [0.717, 1.165) is 5.56 Å². The molecule has 4 rings (SSSR count). The Bertz CT molecular complexity index is 988. The lowest BCUT2D eigenvalue weighted by molar-refractivity contribution is -0.949. The Labute approximate surface area is 166 Å². The average molecular weight is 404 g/mol. The number of quaternary nitrogens is 1. The molecular formula is C18H20ClN6OS+. The van der Waals surface area contributed by atoms with Gasteiger partial charge in [-0.25, -0.2) is 0 Å². The molecule has 1 aliphatic rings. The van der Waals surface area contributed by atoms with Gasteiger partial charge in [-0.1, -0.05) is 17.7 Å². The van der Waals surface area contributed by atoms with E-state index in [1.54, 1.807) is 6.33 Å². The van der Waals surface area contributed by atoms with Crippen LogP contribution in [0.5, 0.6) is 0 Å². The molecule has 7 nitrogen and oxygen atoms in total. The number of allylic oxidation sites excluding steroid dienone is 1. The second-order valence-electron chi connectivity index (χ2n) is 6.63. The van der Waals surface area contributed by atoms with E-state index in [-0.39, 0.29) is 0 Å². The Morgan fingerprint density at radius 3 is 2.78 bits per heavy atom. The summed E-state index contributed by atoms with van der Waals surface area (Å²) in [7, 11) is 0. The van der Waals surface area contributed by atoms with E-state index in [1.807, 2.05) is 39.6 Å². The number of hydrogen-bond acceptors (Lipinski definition) is 5. The van der Waals surface area contributed by atoms with Gasteiger partial charge in [-0.15, -0.1) is 16.8 Å². The summed E-state index contributed by atoms with van der Waals surface area (Å²) < 4.78 is 10.3. The van der Waals surface area contributed by atoms with Crippen LogP contribution in [0.15, 0.2) is 47.7 Å². The maximum Gasteiger partial charge on any atom is 0.271 e. The number of benzene rings is 1. The number of halogens is 1. The van der Waals surface area contributed by atoms with Crippen LogP contribution < -0.4 is 4.90 Å². The Hall–Kier alpha value is -2.29. The van der Waals surface area contributed by atoms with Crippen LogP contribution in [0.25, 0.3) is 11.5 Å². The van der Waals surface area contributed by atoms with Gasteiger partial charge in [0.15, 0.2) is 13.2 Å². The summed E-state index contributed by atoms with van der Waals surface area (Å²) in [4.78, 5) is 1.32. The average Bonchev–Trinajstić information content (AvgIpc) is 3.33. The van der Waals surface area contributed by atoms with Crippen LogP contribution in [0.3, 0.4) is 0 Å². The zero-order valence-corrected chi connectivity index (χ0v) is 16.3. The van der Waals surface area contributed by atoms with Gasteiger partial charge < -0.3 is 13.9 Å². The number of hydrogen-bond donors (Lipinski definition) is 1. The summed E-state index contributed by atoms with van der Waals surface area (Å²) in [5, 5.41) is 13.5. The quantitative estimate of drug-likeness (QED) is 0.462. The van der Waals surface area contributed by atoms with Crippen molar-refractivity contribution in [2.24, 2.45) is 0 Å². The minimum absolute atomic E-state index is 0.503. The van der Waals surface area contributed by atoms with Gasteiger partial charge in [-0.3, -0.25) is 0 Å². The molecule has 1 fully saturated rings. The van der Waals surface area contributed by atoms with Crippen LogP contribution in [0.2, 0.25) is 5.02 Å². The molecule has 0 radical (unpaired) electrons. The van der Waals surface area contributed by atoms with Crippen molar-refractivity contribution in [3.8, 4) is 11.5 Å². The van der Waals surface area contributed by atoms with Crippen LogP contribution in [-0.4, -0.2) is 30.6 Å². The predicted octanol–water partition coefficient (Wildman–Crippen LogP) is 2.51. The lowest BCUT2D eigenvalue weighted by Gasteiger charge is -2.16. The SMILES string of the molecule is C=CCn1cnn(C[NH+](Cc2nnc(-c3ccc(Cl)cc3)o2)C2CC2)c1=S. The molecule has 2 heterocycles. The molecule has 3 aromatic rings. The maximum atomic E-state index is 5.93. The van der Waals surface area contributed by atoms with Gasteiger partial charge in [-0.2, -0.15) is 9.78 Å². The summed E-state index contributed by atoms with van der Waals surface area (Å²) in [5.41, 5.74) is 0.858.